The Hall–Kier alpha value is -2.52. The van der Waals surface area contributed by atoms with Crippen LogP contribution in [0.2, 0.25) is 0 Å². The molecule has 5 rings (SSSR count). The number of nitrogens with zero attached hydrogens (tertiary/aromatic N) is 1. The minimum absolute atomic E-state index is 0.227. The molecule has 0 saturated carbocycles. The van der Waals surface area contributed by atoms with Crippen LogP contribution in [0, 0.1) is 12.8 Å². The van der Waals surface area contributed by atoms with Gasteiger partial charge in [0.1, 0.15) is 5.75 Å². The monoisotopic (exact) mass is 357 g/mol. The number of aryl methyl sites for hydroxylation is 1. The van der Waals surface area contributed by atoms with Crippen LogP contribution in [0.4, 0.5) is 5.69 Å². The molecule has 0 aliphatic carbocycles. The molecule has 2 aliphatic rings. The van der Waals surface area contributed by atoms with E-state index in [2.05, 4.69) is 67.6 Å². The Balaban J connectivity index is 1.70. The van der Waals surface area contributed by atoms with Crippen LogP contribution < -0.4 is 4.74 Å². The second-order valence-corrected chi connectivity index (χ2v) is 8.01. The molecule has 0 radical (unpaired) electrons. The zero-order valence-corrected chi connectivity index (χ0v) is 15.4. The summed E-state index contributed by atoms with van der Waals surface area (Å²) in [5.74, 6) is 1.17. The maximum Gasteiger partial charge on any atom is 0.128 e. The van der Waals surface area contributed by atoms with Gasteiger partial charge in [-0.1, -0.05) is 54.1 Å². The van der Waals surface area contributed by atoms with Gasteiger partial charge in [0.2, 0.25) is 0 Å². The third kappa shape index (κ3) is 2.63. The summed E-state index contributed by atoms with van der Waals surface area (Å²) in [7, 11) is 0. The predicted molar refractivity (Wildman–Crippen MR) is 108 cm³/mol. The number of rotatable bonds is 1. The summed E-state index contributed by atoms with van der Waals surface area (Å²) in [5, 5.41) is 0.284. The summed E-state index contributed by atoms with van der Waals surface area (Å²) in [6, 6.07) is 25.6. The molecule has 3 heteroatoms. The van der Waals surface area contributed by atoms with Gasteiger partial charge >= 0.3 is 0 Å². The van der Waals surface area contributed by atoms with Gasteiger partial charge in [0.25, 0.3) is 0 Å². The number of fused-ring (bicyclic) bond motifs is 4. The van der Waals surface area contributed by atoms with Gasteiger partial charge in [-0.15, -0.1) is 11.8 Å². The fraction of sp³-hybridized carbons (Fsp3) is 0.174. The van der Waals surface area contributed by atoms with Gasteiger partial charge in [-0.2, -0.15) is 0 Å². The van der Waals surface area contributed by atoms with E-state index in [4.69, 9.17) is 9.73 Å². The molecule has 0 bridgehead atoms. The van der Waals surface area contributed by atoms with Crippen molar-refractivity contribution >= 4 is 23.2 Å². The Kier molecular flexibility index (Phi) is 3.83. The average molecular weight is 357 g/mol. The minimum Gasteiger partial charge on any atom is -0.492 e. The Bertz CT molecular complexity index is 993. The van der Waals surface area contributed by atoms with Crippen LogP contribution in [0.1, 0.15) is 21.9 Å². The average Bonchev–Trinajstić information content (AvgIpc) is 2.85. The van der Waals surface area contributed by atoms with Gasteiger partial charge in [0, 0.05) is 15.7 Å². The third-order valence-corrected chi connectivity index (χ3v) is 6.52. The fourth-order valence-electron chi connectivity index (χ4n) is 3.69. The van der Waals surface area contributed by atoms with Gasteiger partial charge < -0.3 is 4.74 Å². The second kappa shape index (κ2) is 6.33. The van der Waals surface area contributed by atoms with Gasteiger partial charge in [-0.05, 0) is 36.8 Å². The van der Waals surface area contributed by atoms with E-state index in [-0.39, 0.29) is 11.2 Å². The van der Waals surface area contributed by atoms with E-state index in [9.17, 15) is 0 Å². The van der Waals surface area contributed by atoms with Gasteiger partial charge in [0.15, 0.2) is 0 Å². The van der Waals surface area contributed by atoms with Crippen molar-refractivity contribution in [2.24, 2.45) is 10.9 Å². The first kappa shape index (κ1) is 15.7. The molecule has 2 heterocycles. The number of benzene rings is 3. The van der Waals surface area contributed by atoms with Crippen molar-refractivity contribution < 1.29 is 4.74 Å². The molecular weight excluding hydrogens is 338 g/mol. The van der Waals surface area contributed by atoms with Gasteiger partial charge in [-0.25, -0.2) is 0 Å². The van der Waals surface area contributed by atoms with Crippen molar-refractivity contribution in [3.63, 3.8) is 0 Å². The molecule has 0 amide bonds. The predicted octanol–water partition coefficient (Wildman–Crippen LogP) is 5.97. The molecule has 2 atom stereocenters. The summed E-state index contributed by atoms with van der Waals surface area (Å²) < 4.78 is 6.13. The second-order valence-electron chi connectivity index (χ2n) is 6.83. The molecule has 26 heavy (non-hydrogen) atoms. The molecule has 128 valence electrons. The first-order valence-corrected chi connectivity index (χ1v) is 9.80. The van der Waals surface area contributed by atoms with Crippen LogP contribution in [0.15, 0.2) is 82.7 Å². The number of hydrogen-bond acceptors (Lipinski definition) is 3. The molecule has 0 saturated heterocycles. The molecule has 0 aromatic heterocycles. The van der Waals surface area contributed by atoms with E-state index >= 15 is 0 Å². The maximum atomic E-state index is 6.13. The maximum absolute atomic E-state index is 6.13. The smallest absolute Gasteiger partial charge is 0.128 e. The van der Waals surface area contributed by atoms with Crippen molar-refractivity contribution in [1.82, 2.24) is 0 Å². The number of para-hydroxylation sites is 2. The fourth-order valence-corrected chi connectivity index (χ4v) is 5.02. The number of thioether (sulfide) groups is 1. The molecule has 0 spiro atoms. The van der Waals surface area contributed by atoms with Crippen molar-refractivity contribution in [3.8, 4) is 5.75 Å². The Morgan fingerprint density at radius 1 is 0.923 bits per heavy atom. The highest BCUT2D eigenvalue weighted by molar-refractivity contribution is 7.99. The van der Waals surface area contributed by atoms with Crippen molar-refractivity contribution in [2.45, 2.75) is 17.1 Å². The molecule has 3 aromatic carbocycles. The van der Waals surface area contributed by atoms with E-state index < -0.39 is 0 Å². The quantitative estimate of drug-likeness (QED) is 0.535. The van der Waals surface area contributed by atoms with Crippen LogP contribution in [-0.2, 0) is 0 Å². The van der Waals surface area contributed by atoms with Crippen molar-refractivity contribution in [1.29, 1.82) is 0 Å². The highest BCUT2D eigenvalue weighted by atomic mass is 32.2. The first-order chi connectivity index (χ1) is 12.8. The minimum atomic E-state index is 0.227. The van der Waals surface area contributed by atoms with E-state index in [0.717, 1.165) is 22.7 Å². The Labute approximate surface area is 157 Å². The highest BCUT2D eigenvalue weighted by Gasteiger charge is 2.37. The molecule has 2 aliphatic heterocycles. The first-order valence-electron chi connectivity index (χ1n) is 8.92. The van der Waals surface area contributed by atoms with E-state index in [0.29, 0.717) is 6.61 Å². The molecule has 3 aromatic rings. The SMILES string of the molecule is Cc1ccc([C@H]2Sc3ccccc3N=C3c4ccccc4OC[C@@H]32)cc1. The van der Waals surface area contributed by atoms with Crippen molar-refractivity contribution in [3.05, 3.63) is 89.5 Å². The normalized spacial score (nSPS) is 20.7. The van der Waals surface area contributed by atoms with Crippen molar-refractivity contribution in [2.75, 3.05) is 6.61 Å². The zero-order valence-electron chi connectivity index (χ0n) is 14.6. The van der Waals surface area contributed by atoms with Crippen LogP contribution in [-0.4, -0.2) is 12.3 Å². The zero-order chi connectivity index (χ0) is 17.5. The number of aliphatic imine (C=N–C) groups is 1. The van der Waals surface area contributed by atoms with Gasteiger partial charge in [-0.3, -0.25) is 4.99 Å². The van der Waals surface area contributed by atoms with Crippen LogP contribution in [0.3, 0.4) is 0 Å². The van der Waals surface area contributed by atoms with E-state index in [1.165, 1.54) is 16.0 Å². The lowest BCUT2D eigenvalue weighted by Gasteiger charge is -2.31. The lowest BCUT2D eigenvalue weighted by Crippen LogP contribution is -2.31. The summed E-state index contributed by atoms with van der Waals surface area (Å²) in [4.78, 5) is 6.35. The lowest BCUT2D eigenvalue weighted by molar-refractivity contribution is 0.271. The largest absolute Gasteiger partial charge is 0.492 e. The van der Waals surface area contributed by atoms with Gasteiger partial charge in [0.05, 0.1) is 23.9 Å². The lowest BCUT2D eigenvalue weighted by atomic mass is 9.88. The molecule has 2 nitrogen and oxygen atoms in total. The van der Waals surface area contributed by atoms with Crippen LogP contribution >= 0.6 is 11.8 Å². The molecule has 0 N–H and O–H groups in total. The summed E-state index contributed by atoms with van der Waals surface area (Å²) in [5.41, 5.74) is 5.95. The molecule has 0 unspecified atom stereocenters. The highest BCUT2D eigenvalue weighted by Crippen LogP contribution is 2.50. The third-order valence-electron chi connectivity index (χ3n) is 5.06. The summed E-state index contributed by atoms with van der Waals surface area (Å²) in [6.07, 6.45) is 0. The molecule has 0 fully saturated rings. The Morgan fingerprint density at radius 3 is 2.58 bits per heavy atom. The van der Waals surface area contributed by atoms with Crippen LogP contribution in [0.25, 0.3) is 0 Å². The number of hydrogen-bond donors (Lipinski definition) is 0. The topological polar surface area (TPSA) is 21.6 Å². The van der Waals surface area contributed by atoms with E-state index in [1.54, 1.807) is 0 Å². The van der Waals surface area contributed by atoms with E-state index in [1.807, 2.05) is 23.9 Å². The Morgan fingerprint density at radius 2 is 1.69 bits per heavy atom. The summed E-state index contributed by atoms with van der Waals surface area (Å²) >= 11 is 1.90. The molecular formula is C23H19NOS. The summed E-state index contributed by atoms with van der Waals surface area (Å²) in [6.45, 7) is 2.79. The standard InChI is InChI=1S/C23H19NOS/c1-15-10-12-16(13-11-15)23-18-14-25-20-8-4-2-6-17(20)22(18)24-19-7-3-5-9-21(19)26-23/h2-13,18,23H,14H2,1H3/t18-,23+/m0/s1. The number of ether oxygens (including phenoxy) is 1. The van der Waals surface area contributed by atoms with Crippen LogP contribution in [0.5, 0.6) is 5.75 Å².